The maximum Gasteiger partial charge on any atom is 0.336 e. The minimum atomic E-state index is -0.965. The number of aromatic nitrogens is 2. The molecule has 9 nitrogen and oxygen atoms in total. The fraction of sp³-hybridized carbons (Fsp3) is 0.171. The molecule has 0 radical (unpaired) electrons. The summed E-state index contributed by atoms with van der Waals surface area (Å²) < 4.78 is 13.1. The molecule has 51 heavy (non-hydrogen) atoms. The van der Waals surface area contributed by atoms with Crippen LogP contribution in [0.4, 0.5) is 0 Å². The number of ether oxygens (including phenoxy) is 2. The first-order valence-corrected chi connectivity index (χ1v) is 17.6. The summed E-state index contributed by atoms with van der Waals surface area (Å²) in [7, 11) is 0. The van der Waals surface area contributed by atoms with Crippen molar-refractivity contribution in [2.24, 2.45) is 0 Å². The molecule has 1 fully saturated rings. The van der Waals surface area contributed by atoms with Crippen LogP contribution < -0.4 is 5.32 Å². The Bertz CT molecular complexity index is 2180. The van der Waals surface area contributed by atoms with Gasteiger partial charge in [0, 0.05) is 29.2 Å². The van der Waals surface area contributed by atoms with E-state index in [0.29, 0.717) is 29.1 Å². The number of rotatable bonds is 11. The summed E-state index contributed by atoms with van der Waals surface area (Å²) in [6, 6.07) is 38.1. The maximum atomic E-state index is 12.9. The van der Waals surface area contributed by atoms with E-state index in [4.69, 9.17) is 9.47 Å². The van der Waals surface area contributed by atoms with Gasteiger partial charge < -0.3 is 25.0 Å². The van der Waals surface area contributed by atoms with E-state index in [0.717, 1.165) is 38.9 Å². The van der Waals surface area contributed by atoms with Crippen molar-refractivity contribution in [1.29, 1.82) is 0 Å². The molecule has 1 aliphatic rings. The number of carboxylic acids is 1. The molecule has 0 bridgehead atoms. The van der Waals surface area contributed by atoms with Gasteiger partial charge in [-0.25, -0.2) is 9.78 Å². The zero-order chi connectivity index (χ0) is 35.2. The van der Waals surface area contributed by atoms with Crippen LogP contribution in [0.1, 0.15) is 61.9 Å². The predicted octanol–water partition coefficient (Wildman–Crippen LogP) is 7.76. The van der Waals surface area contributed by atoms with E-state index in [2.05, 4.69) is 15.3 Å². The molecule has 6 aromatic rings. The molecule has 2 heterocycles. The highest BCUT2D eigenvalue weighted by Crippen LogP contribution is 2.40. The Morgan fingerprint density at radius 3 is 2.33 bits per heavy atom. The van der Waals surface area contributed by atoms with Crippen molar-refractivity contribution < 1.29 is 29.3 Å². The maximum absolute atomic E-state index is 12.9. The van der Waals surface area contributed by atoms with Crippen LogP contribution in [-0.4, -0.2) is 43.9 Å². The van der Waals surface area contributed by atoms with Crippen LogP contribution in [0, 0.1) is 0 Å². The molecular formula is C41H35N3O6S. The highest BCUT2D eigenvalue weighted by atomic mass is 32.2. The molecular weight excluding hydrogens is 663 g/mol. The number of carbonyl (C=O) groups is 2. The van der Waals surface area contributed by atoms with Gasteiger partial charge in [-0.3, -0.25) is 9.78 Å². The molecule has 1 aromatic heterocycles. The lowest BCUT2D eigenvalue weighted by atomic mass is 9.99. The van der Waals surface area contributed by atoms with Gasteiger partial charge in [-0.05, 0) is 64.2 Å². The number of nitrogens with one attached hydrogen (secondary N) is 1. The second-order valence-electron chi connectivity index (χ2n) is 12.2. The van der Waals surface area contributed by atoms with Crippen LogP contribution in [0.5, 0.6) is 0 Å². The number of hydrogen-bond acceptors (Lipinski definition) is 8. The zero-order valence-corrected chi connectivity index (χ0v) is 28.3. The topological polar surface area (TPSA) is 131 Å². The van der Waals surface area contributed by atoms with Gasteiger partial charge in [0.1, 0.15) is 5.69 Å². The number of carbonyl (C=O) groups excluding carboxylic acids is 1. The number of fused-ring (bicyclic) bond motifs is 1. The lowest BCUT2D eigenvalue weighted by Crippen LogP contribution is -2.31. The molecule has 0 aliphatic carbocycles. The number of hydrogen-bond donors (Lipinski definition) is 3. The molecule has 1 aliphatic heterocycles. The first-order valence-electron chi connectivity index (χ1n) is 16.6. The van der Waals surface area contributed by atoms with E-state index in [1.165, 1.54) is 18.0 Å². The minimum Gasteiger partial charge on any atom is -0.478 e. The lowest BCUT2D eigenvalue weighted by Gasteiger charge is -2.36. The first kappa shape index (κ1) is 34.1. The Morgan fingerprint density at radius 2 is 1.53 bits per heavy atom. The number of amides is 1. The number of aliphatic hydroxyl groups is 1. The van der Waals surface area contributed by atoms with Gasteiger partial charge in [0.2, 0.25) is 0 Å². The number of nitrogens with zero attached hydrogens (tertiary/aromatic N) is 2. The molecule has 256 valence electrons. The number of benzene rings is 5. The van der Waals surface area contributed by atoms with Gasteiger partial charge in [-0.2, -0.15) is 0 Å². The molecule has 1 saturated heterocycles. The molecule has 3 atom stereocenters. The second kappa shape index (κ2) is 15.7. The summed E-state index contributed by atoms with van der Waals surface area (Å²) in [6.07, 6.45) is 0.880. The predicted molar refractivity (Wildman–Crippen MR) is 195 cm³/mol. The Labute approximate surface area is 299 Å². The molecule has 7 rings (SSSR count). The summed E-state index contributed by atoms with van der Waals surface area (Å²) in [6.45, 7) is 0.274. The van der Waals surface area contributed by atoms with Crippen LogP contribution in [0.25, 0.3) is 22.2 Å². The SMILES string of the molecule is O=C(NCc1cccc(-c2cccc([C@H]3O[C@@H](CSc4ccccc4C(=O)O)C[C@@H](c4ccc(CO)cc4)O3)c2)c1)c1cnc2ccccc2n1. The fourth-order valence-corrected chi connectivity index (χ4v) is 7.11. The number of thioether (sulfide) groups is 1. The molecule has 3 N–H and O–H groups in total. The summed E-state index contributed by atoms with van der Waals surface area (Å²) in [4.78, 5) is 34.2. The third-order valence-corrected chi connectivity index (χ3v) is 9.92. The van der Waals surface area contributed by atoms with Crippen molar-refractivity contribution in [1.82, 2.24) is 15.3 Å². The van der Waals surface area contributed by atoms with Crippen molar-refractivity contribution in [3.05, 3.63) is 161 Å². The van der Waals surface area contributed by atoms with Gasteiger partial charge in [-0.1, -0.05) is 84.9 Å². The van der Waals surface area contributed by atoms with Crippen LogP contribution in [0.2, 0.25) is 0 Å². The number of aliphatic hydroxyl groups excluding tert-OH is 1. The van der Waals surface area contributed by atoms with E-state index in [1.54, 1.807) is 12.1 Å². The normalized spacial score (nSPS) is 17.2. The third-order valence-electron chi connectivity index (χ3n) is 8.71. The van der Waals surface area contributed by atoms with Crippen LogP contribution in [0.3, 0.4) is 0 Å². The quantitative estimate of drug-likeness (QED) is 0.116. The standard InChI is InChI=1S/C41H35N3O6S/c45-24-26-15-17-28(18-16-26)37-21-32(25-51-38-14-4-1-11-33(38)40(47)48)49-41(50-37)31-10-6-9-30(20-31)29-8-5-7-27(19-29)22-43-39(46)36-23-42-34-12-2-3-13-35(34)44-36/h1-20,23,32,37,41,45H,21-22,24-25H2,(H,43,46)(H,47,48)/t32-,37+,41+/m1/s1. The average molecular weight is 698 g/mol. The van der Waals surface area contributed by atoms with E-state index in [9.17, 15) is 19.8 Å². The number of carboxylic acid groups (broad SMARTS) is 1. The fourth-order valence-electron chi connectivity index (χ4n) is 6.04. The molecule has 5 aromatic carbocycles. The van der Waals surface area contributed by atoms with Crippen molar-refractivity contribution in [3.63, 3.8) is 0 Å². The zero-order valence-electron chi connectivity index (χ0n) is 27.5. The Morgan fingerprint density at radius 1 is 0.784 bits per heavy atom. The van der Waals surface area contributed by atoms with Gasteiger partial charge in [0.25, 0.3) is 5.91 Å². The van der Waals surface area contributed by atoms with Crippen LogP contribution in [0.15, 0.2) is 132 Å². The lowest BCUT2D eigenvalue weighted by molar-refractivity contribution is -0.245. The minimum absolute atomic E-state index is 0.0424. The van der Waals surface area contributed by atoms with Crippen molar-refractivity contribution in [3.8, 4) is 11.1 Å². The van der Waals surface area contributed by atoms with E-state index < -0.39 is 12.3 Å². The van der Waals surface area contributed by atoms with E-state index >= 15 is 0 Å². The van der Waals surface area contributed by atoms with Gasteiger partial charge in [-0.15, -0.1) is 11.8 Å². The highest BCUT2D eigenvalue weighted by molar-refractivity contribution is 7.99. The first-order chi connectivity index (χ1) is 24.9. The van der Waals surface area contributed by atoms with Gasteiger partial charge in [0.05, 0.1) is 41.6 Å². The van der Waals surface area contributed by atoms with Gasteiger partial charge in [0.15, 0.2) is 6.29 Å². The number of para-hydroxylation sites is 2. The summed E-state index contributed by atoms with van der Waals surface area (Å²) >= 11 is 1.46. The highest BCUT2D eigenvalue weighted by Gasteiger charge is 2.32. The van der Waals surface area contributed by atoms with Crippen LogP contribution >= 0.6 is 11.8 Å². The molecule has 0 saturated carbocycles. The Hall–Kier alpha value is -5.39. The monoisotopic (exact) mass is 697 g/mol. The summed E-state index contributed by atoms with van der Waals surface area (Å²) in [5.41, 5.74) is 7.42. The molecule has 10 heteroatoms. The number of aromatic carboxylic acids is 1. The largest absolute Gasteiger partial charge is 0.478 e. The summed E-state index contributed by atoms with van der Waals surface area (Å²) in [5, 5.41) is 22.2. The average Bonchev–Trinajstić information content (AvgIpc) is 3.19. The van der Waals surface area contributed by atoms with Crippen molar-refractivity contribution in [2.45, 2.75) is 43.0 Å². The molecule has 1 amide bonds. The third kappa shape index (κ3) is 8.16. The van der Waals surface area contributed by atoms with Crippen LogP contribution in [-0.2, 0) is 22.6 Å². The molecule has 0 unspecified atom stereocenters. The van der Waals surface area contributed by atoms with Crippen molar-refractivity contribution in [2.75, 3.05) is 5.75 Å². The Kier molecular flexibility index (Phi) is 10.5. The Balaban J connectivity index is 1.08. The second-order valence-corrected chi connectivity index (χ2v) is 13.3. The van der Waals surface area contributed by atoms with Crippen molar-refractivity contribution >= 4 is 34.7 Å². The molecule has 0 spiro atoms. The van der Waals surface area contributed by atoms with Gasteiger partial charge >= 0.3 is 5.97 Å². The van der Waals surface area contributed by atoms with E-state index in [-0.39, 0.29) is 36.0 Å². The summed E-state index contributed by atoms with van der Waals surface area (Å²) in [5.74, 6) is -0.728. The van der Waals surface area contributed by atoms with E-state index in [1.807, 2.05) is 109 Å². The smallest absolute Gasteiger partial charge is 0.336 e.